The molecule has 4 aliphatic carbocycles. The fourth-order valence-corrected chi connectivity index (χ4v) is 9.27. The maximum absolute atomic E-state index is 3.58. The van der Waals surface area contributed by atoms with Gasteiger partial charge < -0.3 is 0 Å². The summed E-state index contributed by atoms with van der Waals surface area (Å²) in [6.45, 7) is 19.5. The van der Waals surface area contributed by atoms with Crippen LogP contribution in [0, 0.1) is 69.5 Å². The Hall–Kier alpha value is -0.700. The van der Waals surface area contributed by atoms with Crippen molar-refractivity contribution in [2.75, 3.05) is 0 Å². The number of allylic oxidation sites excluding steroid dienone is 2. The molecule has 0 radical (unpaired) electrons. The minimum absolute atomic E-state index is 0.109. The molecule has 3 fully saturated rings. The molecule has 0 saturated heterocycles. The molecule has 33 heavy (non-hydrogen) atoms. The first-order valence-electron chi connectivity index (χ1n) is 14.7. The van der Waals surface area contributed by atoms with E-state index in [1.807, 2.05) is 0 Å². The van der Waals surface area contributed by atoms with Crippen LogP contribution in [0.4, 0.5) is 0 Å². The van der Waals surface area contributed by atoms with Crippen molar-refractivity contribution in [3.05, 3.63) is 11.6 Å². The molecule has 0 spiro atoms. The van der Waals surface area contributed by atoms with Gasteiger partial charge in [-0.25, -0.2) is 0 Å². The van der Waals surface area contributed by atoms with Crippen LogP contribution in [0.15, 0.2) is 11.6 Å². The molecule has 0 heteroatoms. The average molecular weight is 451 g/mol. The van der Waals surface area contributed by atoms with E-state index in [9.17, 15) is 0 Å². The van der Waals surface area contributed by atoms with Crippen molar-refractivity contribution >= 4 is 0 Å². The molecule has 0 unspecified atom stereocenters. The fraction of sp³-hybridized carbons (Fsp3) is 0.879. The van der Waals surface area contributed by atoms with Crippen molar-refractivity contribution in [3.63, 3.8) is 0 Å². The molecule has 4 aliphatic rings. The Balaban J connectivity index is 1.46. The van der Waals surface area contributed by atoms with Crippen LogP contribution in [0.1, 0.15) is 126 Å². The third-order valence-electron chi connectivity index (χ3n) is 11.1. The summed E-state index contributed by atoms with van der Waals surface area (Å²) in [6.07, 6.45) is 18.4. The van der Waals surface area contributed by atoms with Gasteiger partial charge in [0.1, 0.15) is 0 Å². The predicted octanol–water partition coefficient (Wildman–Crippen LogP) is 9.69. The zero-order valence-electron chi connectivity index (χ0n) is 23.4. The van der Waals surface area contributed by atoms with Gasteiger partial charge in [0.05, 0.1) is 0 Å². The van der Waals surface area contributed by atoms with Gasteiger partial charge in [0.25, 0.3) is 0 Å². The van der Waals surface area contributed by atoms with Gasteiger partial charge >= 0.3 is 0 Å². The number of hydrogen-bond donors (Lipinski definition) is 0. The summed E-state index contributed by atoms with van der Waals surface area (Å²) in [5, 5.41) is 0. The highest BCUT2D eigenvalue weighted by Crippen LogP contribution is 2.68. The zero-order valence-corrected chi connectivity index (χ0v) is 23.4. The van der Waals surface area contributed by atoms with Gasteiger partial charge in [0, 0.05) is 5.41 Å². The van der Waals surface area contributed by atoms with Gasteiger partial charge in [-0.1, -0.05) is 71.8 Å². The molecule has 0 N–H and O–H groups in total. The summed E-state index contributed by atoms with van der Waals surface area (Å²) < 4.78 is 0. The number of rotatable bonds is 5. The van der Waals surface area contributed by atoms with Crippen LogP contribution in [0.3, 0.4) is 0 Å². The van der Waals surface area contributed by atoms with Crippen molar-refractivity contribution in [1.29, 1.82) is 0 Å². The highest BCUT2D eigenvalue weighted by Gasteiger charge is 2.60. The van der Waals surface area contributed by atoms with Crippen LogP contribution in [-0.2, 0) is 0 Å². The molecular formula is C33H54. The quantitative estimate of drug-likeness (QED) is 0.366. The molecule has 0 aliphatic heterocycles. The zero-order chi connectivity index (χ0) is 24.0. The molecule has 0 heterocycles. The Kier molecular flexibility index (Phi) is 7.23. The normalized spacial score (nSPS) is 41.4. The van der Waals surface area contributed by atoms with Gasteiger partial charge in [0.15, 0.2) is 0 Å². The van der Waals surface area contributed by atoms with E-state index < -0.39 is 0 Å². The lowest BCUT2D eigenvalue weighted by atomic mass is 9.45. The lowest BCUT2D eigenvalue weighted by Gasteiger charge is -2.60. The van der Waals surface area contributed by atoms with Crippen LogP contribution < -0.4 is 0 Å². The molecule has 8 atom stereocenters. The third-order valence-corrected chi connectivity index (χ3v) is 11.1. The molecule has 0 bridgehead atoms. The standard InChI is InChI=1S/C33H54/c1-23(2)10-9-11-24(3)28-14-15-29-27-13-12-26-22-25(16-19-31(4,5)6)17-20-32(26,7)30(27)18-21-33(28,29)8/h17,23-24,26-30H,9-15,18,20-22H2,1-8H3/t24-,26+,27-,28+,29-,30-,32-,33+/m0/s1. The summed E-state index contributed by atoms with van der Waals surface area (Å²) in [6, 6.07) is 0. The first kappa shape index (κ1) is 25.4. The van der Waals surface area contributed by atoms with Crippen LogP contribution in [0.2, 0.25) is 0 Å². The van der Waals surface area contributed by atoms with E-state index in [1.165, 1.54) is 76.2 Å². The third kappa shape index (κ3) is 5.00. The minimum atomic E-state index is 0.109. The Morgan fingerprint density at radius 1 is 0.939 bits per heavy atom. The Bertz CT molecular complexity index is 781. The highest BCUT2D eigenvalue weighted by molar-refractivity contribution is 5.33. The second-order valence-electron chi connectivity index (χ2n) is 14.8. The molecule has 0 aromatic carbocycles. The van der Waals surface area contributed by atoms with Gasteiger partial charge in [-0.05, 0) is 130 Å². The maximum Gasteiger partial charge on any atom is 0.0233 e. The molecule has 3 saturated carbocycles. The summed E-state index contributed by atoms with van der Waals surface area (Å²) in [4.78, 5) is 0. The Labute approximate surface area is 207 Å². The fourth-order valence-electron chi connectivity index (χ4n) is 9.27. The highest BCUT2D eigenvalue weighted by atomic mass is 14.6. The average Bonchev–Trinajstić information content (AvgIpc) is 3.08. The summed E-state index contributed by atoms with van der Waals surface area (Å²) in [5.74, 6) is 13.7. The smallest absolute Gasteiger partial charge is 0.0233 e. The Morgan fingerprint density at radius 2 is 1.67 bits per heavy atom. The van der Waals surface area contributed by atoms with E-state index in [4.69, 9.17) is 0 Å². The van der Waals surface area contributed by atoms with Crippen LogP contribution >= 0.6 is 0 Å². The Morgan fingerprint density at radius 3 is 2.36 bits per heavy atom. The topological polar surface area (TPSA) is 0 Å². The number of hydrogen-bond acceptors (Lipinski definition) is 0. The lowest BCUT2D eigenvalue weighted by Crippen LogP contribution is -2.52. The summed E-state index contributed by atoms with van der Waals surface area (Å²) >= 11 is 0. The van der Waals surface area contributed by atoms with E-state index in [0.29, 0.717) is 10.8 Å². The lowest BCUT2D eigenvalue weighted by molar-refractivity contribution is -0.101. The van der Waals surface area contributed by atoms with Crippen molar-refractivity contribution in [2.45, 2.75) is 126 Å². The predicted molar refractivity (Wildman–Crippen MR) is 144 cm³/mol. The van der Waals surface area contributed by atoms with E-state index in [-0.39, 0.29) is 5.41 Å². The van der Waals surface area contributed by atoms with Crippen LogP contribution in [-0.4, -0.2) is 0 Å². The van der Waals surface area contributed by atoms with E-state index in [0.717, 1.165) is 41.4 Å². The molecule has 0 aromatic rings. The molecule has 0 amide bonds. The van der Waals surface area contributed by atoms with Crippen LogP contribution in [0.25, 0.3) is 0 Å². The monoisotopic (exact) mass is 450 g/mol. The van der Waals surface area contributed by atoms with Gasteiger partial charge in [-0.3, -0.25) is 0 Å². The SMILES string of the molecule is CC(C)CCC[C@H](C)[C@H]1CC[C@H]2[C@@H]3CC[C@@H]4CC(C#CC(C)(C)C)=CC[C@]4(C)[C@H]3CC[C@]12C. The second-order valence-corrected chi connectivity index (χ2v) is 14.8. The minimum Gasteiger partial charge on any atom is -0.0923 e. The summed E-state index contributed by atoms with van der Waals surface area (Å²) in [5.41, 5.74) is 2.70. The first-order valence-corrected chi connectivity index (χ1v) is 14.7. The maximum atomic E-state index is 3.58. The van der Waals surface area contributed by atoms with Gasteiger partial charge in [-0.2, -0.15) is 0 Å². The molecule has 186 valence electrons. The van der Waals surface area contributed by atoms with Crippen molar-refractivity contribution in [3.8, 4) is 11.8 Å². The van der Waals surface area contributed by atoms with E-state index >= 15 is 0 Å². The number of fused-ring (bicyclic) bond motifs is 5. The van der Waals surface area contributed by atoms with Crippen LogP contribution in [0.5, 0.6) is 0 Å². The molecule has 4 rings (SSSR count). The van der Waals surface area contributed by atoms with E-state index in [2.05, 4.69) is 73.3 Å². The molecule has 0 aromatic heterocycles. The first-order chi connectivity index (χ1) is 15.4. The van der Waals surface area contributed by atoms with Crippen molar-refractivity contribution < 1.29 is 0 Å². The molecular weight excluding hydrogens is 396 g/mol. The van der Waals surface area contributed by atoms with E-state index in [1.54, 1.807) is 0 Å². The van der Waals surface area contributed by atoms with Crippen molar-refractivity contribution in [2.24, 2.45) is 57.7 Å². The summed E-state index contributed by atoms with van der Waals surface area (Å²) in [7, 11) is 0. The van der Waals surface area contributed by atoms with Gasteiger partial charge in [0.2, 0.25) is 0 Å². The molecule has 0 nitrogen and oxygen atoms in total. The van der Waals surface area contributed by atoms with Crippen molar-refractivity contribution in [1.82, 2.24) is 0 Å². The largest absolute Gasteiger partial charge is 0.0923 e. The second kappa shape index (κ2) is 9.40. The van der Waals surface area contributed by atoms with Gasteiger partial charge in [-0.15, -0.1) is 0 Å².